The minimum absolute atomic E-state index is 0.109. The first-order chi connectivity index (χ1) is 30.7. The van der Waals surface area contributed by atoms with Crippen LogP contribution < -0.4 is 0 Å². The van der Waals surface area contributed by atoms with Gasteiger partial charge in [-0.1, -0.05) is 36.4 Å². The monoisotopic (exact) mass is 1100 g/mol. The number of hydrogen-bond acceptors (Lipinski definition) is 7. The summed E-state index contributed by atoms with van der Waals surface area (Å²) in [6.07, 6.45) is 0. The van der Waals surface area contributed by atoms with E-state index in [1.165, 1.54) is 91.0 Å². The van der Waals surface area contributed by atoms with Gasteiger partial charge in [0.15, 0.2) is 28.2 Å². The first-order valence-corrected chi connectivity index (χ1v) is 26.5. The van der Waals surface area contributed by atoms with E-state index in [1.807, 2.05) is 0 Å². The maximum atomic E-state index is 15.1. The van der Waals surface area contributed by atoms with Gasteiger partial charge in [0, 0.05) is 0 Å². The van der Waals surface area contributed by atoms with Gasteiger partial charge in [-0.25, -0.2) is 22.0 Å². The van der Waals surface area contributed by atoms with Crippen LogP contribution >= 0.6 is 42.3 Å². The SMILES string of the molecule is Cc1cccc(I(OS(=O)(=O)c2c(F)c(F)c(F)c(F)c2F)c2ccc(Sc3ccc(S(OS(=O)(=O)c4c(F)c(F)c(F)c(F)c4F)(c4ccccc4)c4ccccc4)cc3)cc2)c1C. The first-order valence-electron chi connectivity index (χ1n) is 18.2. The van der Waals surface area contributed by atoms with Crippen LogP contribution in [0.4, 0.5) is 43.9 Å². The molecule has 0 heterocycles. The Morgan fingerprint density at radius 1 is 0.431 bits per heavy atom. The molecule has 7 aromatic rings. The Bertz CT molecular complexity index is 3090. The van der Waals surface area contributed by atoms with E-state index in [4.69, 9.17) is 6.14 Å². The van der Waals surface area contributed by atoms with Crippen molar-refractivity contribution in [1.29, 1.82) is 0 Å². The van der Waals surface area contributed by atoms with E-state index in [-0.39, 0.29) is 18.3 Å². The molecule has 0 bridgehead atoms. The van der Waals surface area contributed by atoms with Crippen LogP contribution in [0.25, 0.3) is 0 Å². The summed E-state index contributed by atoms with van der Waals surface area (Å²) in [5.74, 6) is -25.5. The molecule has 7 aromatic carbocycles. The molecule has 0 atom stereocenters. The second kappa shape index (κ2) is 18.8. The molecule has 0 aliphatic rings. The Kier molecular flexibility index (Phi) is 13.9. The van der Waals surface area contributed by atoms with Crippen LogP contribution in [0.3, 0.4) is 0 Å². The normalized spacial score (nSPS) is 12.6. The zero-order chi connectivity index (χ0) is 47.2. The Morgan fingerprint density at radius 2 is 0.815 bits per heavy atom. The molecule has 0 aliphatic carbocycles. The standard InChI is InChI=1S/C44H27F10IO6S4/c1-24-10-9-15-32(25(24)2)55(60-64(56,57)43-39(51)35(47)33(45)36(48)40(43)52)26-16-18-27(19-17-26)62-28-20-22-31(23-21-28)63(29-11-5-3-6-12-29,30-13-7-4-8-14-30)61-65(58,59)44-41(53)37(49)34(46)38(50)42(44)54/h3-23H,1-2H3. The summed E-state index contributed by atoms with van der Waals surface area (Å²) < 4.78 is 211. The Labute approximate surface area is 379 Å². The van der Waals surface area contributed by atoms with E-state index in [0.29, 0.717) is 24.5 Å². The van der Waals surface area contributed by atoms with Gasteiger partial charge in [0.1, 0.15) is 0 Å². The third-order valence-corrected chi connectivity index (χ3v) is 23.4. The molecule has 0 aromatic heterocycles. The average molecular weight is 1100 g/mol. The van der Waals surface area contributed by atoms with E-state index in [1.54, 1.807) is 50.2 Å². The van der Waals surface area contributed by atoms with Crippen LogP contribution in [0.15, 0.2) is 162 Å². The molecule has 340 valence electrons. The molecule has 0 radical (unpaired) electrons. The molecule has 0 saturated heterocycles. The summed E-state index contributed by atoms with van der Waals surface area (Å²) in [7, 11) is -15.1. The first kappa shape index (κ1) is 48.0. The van der Waals surface area contributed by atoms with Gasteiger partial charge in [-0.15, -0.1) is 0 Å². The van der Waals surface area contributed by atoms with E-state index in [9.17, 15) is 52.0 Å². The van der Waals surface area contributed by atoms with E-state index < -0.39 is 119 Å². The molecule has 0 saturated carbocycles. The van der Waals surface area contributed by atoms with E-state index in [0.717, 1.165) is 11.8 Å². The van der Waals surface area contributed by atoms with Gasteiger partial charge in [0.05, 0.1) is 0 Å². The molecule has 65 heavy (non-hydrogen) atoms. The summed E-state index contributed by atoms with van der Waals surface area (Å²) in [5.41, 5.74) is 1.24. The van der Waals surface area contributed by atoms with Crippen molar-refractivity contribution in [3.8, 4) is 0 Å². The third kappa shape index (κ3) is 9.02. The molecule has 6 nitrogen and oxygen atoms in total. The summed E-state index contributed by atoms with van der Waals surface area (Å²) >= 11 is -2.70. The van der Waals surface area contributed by atoms with Crippen LogP contribution in [0.2, 0.25) is 0 Å². The maximum absolute atomic E-state index is 15.1. The fourth-order valence-electron chi connectivity index (χ4n) is 6.18. The zero-order valence-corrected chi connectivity index (χ0v) is 38.3. The fraction of sp³-hybridized carbons (Fsp3) is 0.0455. The summed E-state index contributed by atoms with van der Waals surface area (Å²) in [6, 6.07) is 31.9. The van der Waals surface area contributed by atoms with Gasteiger partial charge in [-0.05, 0) is 0 Å². The number of benzene rings is 7. The van der Waals surface area contributed by atoms with Crippen LogP contribution in [-0.2, 0) is 26.4 Å². The van der Waals surface area contributed by atoms with Gasteiger partial charge < -0.3 is 0 Å². The summed E-state index contributed by atoms with van der Waals surface area (Å²) in [5, 5.41) is 0. The molecule has 0 N–H and O–H groups in total. The zero-order valence-electron chi connectivity index (χ0n) is 32.9. The van der Waals surface area contributed by atoms with Gasteiger partial charge >= 0.3 is 281 Å². The number of halogens is 11. The quantitative estimate of drug-likeness (QED) is 0.0492. The van der Waals surface area contributed by atoms with Crippen molar-refractivity contribution in [2.24, 2.45) is 0 Å². The molecular weight excluding hydrogens is 1070 g/mol. The summed E-state index contributed by atoms with van der Waals surface area (Å²) in [4.78, 5) is -2.90. The molecule has 0 amide bonds. The Hall–Kier alpha value is -4.91. The molecule has 0 fully saturated rings. The molecule has 21 heteroatoms. The van der Waals surface area contributed by atoms with E-state index in [2.05, 4.69) is 0 Å². The minimum atomic E-state index is -5.81. The van der Waals surface area contributed by atoms with Crippen LogP contribution in [-0.4, -0.2) is 16.8 Å². The van der Waals surface area contributed by atoms with Crippen molar-refractivity contribution in [1.82, 2.24) is 0 Å². The van der Waals surface area contributed by atoms with Crippen molar-refractivity contribution in [3.63, 3.8) is 0 Å². The van der Waals surface area contributed by atoms with Crippen LogP contribution in [0.1, 0.15) is 11.1 Å². The molecular formula is C44H27F10IO6S4. The number of aryl methyl sites for hydroxylation is 1. The molecule has 0 spiro atoms. The van der Waals surface area contributed by atoms with Crippen molar-refractivity contribution >= 4 is 62.5 Å². The topological polar surface area (TPSA) is 86.7 Å². The van der Waals surface area contributed by atoms with Gasteiger partial charge in [-0.3, -0.25) is 0 Å². The van der Waals surface area contributed by atoms with Gasteiger partial charge in [0.25, 0.3) is 0 Å². The van der Waals surface area contributed by atoms with Crippen molar-refractivity contribution < 1.29 is 66.9 Å². The van der Waals surface area contributed by atoms with Crippen molar-refractivity contribution in [3.05, 3.63) is 204 Å². The van der Waals surface area contributed by atoms with Crippen LogP contribution in [0, 0.1) is 79.2 Å². The predicted octanol–water partition coefficient (Wildman–Crippen LogP) is 13.3. The predicted molar refractivity (Wildman–Crippen MR) is 229 cm³/mol. The van der Waals surface area contributed by atoms with Crippen molar-refractivity contribution in [2.45, 2.75) is 48.1 Å². The second-order valence-electron chi connectivity index (χ2n) is 13.5. The number of rotatable bonds is 13. The molecule has 7 rings (SSSR count). The third-order valence-electron chi connectivity index (χ3n) is 9.45. The Balaban J connectivity index is 1.26. The van der Waals surface area contributed by atoms with Gasteiger partial charge in [-0.2, -0.15) is 8.42 Å². The van der Waals surface area contributed by atoms with E-state index >= 15 is 8.78 Å². The molecule has 0 unspecified atom stereocenters. The summed E-state index contributed by atoms with van der Waals surface area (Å²) in [6.45, 7) is 3.35. The fourth-order valence-corrected chi connectivity index (χ4v) is 19.9. The average Bonchev–Trinajstić information content (AvgIpc) is 3.29. The van der Waals surface area contributed by atoms with Crippen LogP contribution in [0.5, 0.6) is 0 Å². The number of hydrogen-bond donors (Lipinski definition) is 0. The Morgan fingerprint density at radius 3 is 1.26 bits per heavy atom. The second-order valence-corrected chi connectivity index (χ2v) is 25.4. The van der Waals surface area contributed by atoms with Gasteiger partial charge in [0.2, 0.25) is 5.82 Å². The van der Waals surface area contributed by atoms with Crippen molar-refractivity contribution in [2.75, 3.05) is 0 Å². The molecule has 0 aliphatic heterocycles.